The number of ether oxygens (including phenoxy) is 1. The number of fused-ring (bicyclic) bond motifs is 2. The second-order valence-corrected chi connectivity index (χ2v) is 5.88. The van der Waals surface area contributed by atoms with Crippen LogP contribution in [-0.2, 0) is 6.42 Å². The second-order valence-electron chi connectivity index (χ2n) is 5.88. The lowest BCUT2D eigenvalue weighted by Gasteiger charge is -2.37. The van der Waals surface area contributed by atoms with Crippen LogP contribution >= 0.6 is 0 Å². The smallest absolute Gasteiger partial charge is 0.169 e. The fraction of sp³-hybridized carbons (Fsp3) is 0.533. The Kier molecular flexibility index (Phi) is 3.10. The van der Waals surface area contributed by atoms with Crippen LogP contribution in [0.3, 0.4) is 0 Å². The Labute approximate surface area is 124 Å². The number of aliphatic imine (C=N–C) groups is 1. The first-order valence-corrected chi connectivity index (χ1v) is 7.56. The summed E-state index contributed by atoms with van der Waals surface area (Å²) >= 11 is 0. The van der Waals surface area contributed by atoms with Gasteiger partial charge in [-0.3, -0.25) is 15.6 Å². The molecule has 3 heterocycles. The third-order valence-electron chi connectivity index (χ3n) is 4.59. The van der Waals surface area contributed by atoms with Gasteiger partial charge in [0.05, 0.1) is 13.2 Å². The Morgan fingerprint density at radius 1 is 1.43 bits per heavy atom. The fourth-order valence-corrected chi connectivity index (χ4v) is 3.29. The van der Waals surface area contributed by atoms with Crippen LogP contribution in [0, 0.1) is 0 Å². The van der Waals surface area contributed by atoms with Crippen LogP contribution in [0.2, 0.25) is 0 Å². The number of nitrogens with two attached hydrogens (primary N) is 1. The molecule has 4 rings (SSSR count). The molecule has 0 aromatic heterocycles. The van der Waals surface area contributed by atoms with E-state index in [1.807, 2.05) is 0 Å². The third-order valence-corrected chi connectivity index (χ3v) is 4.59. The van der Waals surface area contributed by atoms with Crippen molar-refractivity contribution in [1.82, 2.24) is 15.3 Å². The SMILES string of the molecule is CC(c1ccc2c(c1)OCC2)N1CCN2NC(N)N=C2C1. The molecule has 3 aliphatic heterocycles. The van der Waals surface area contributed by atoms with Crippen LogP contribution < -0.4 is 15.9 Å². The van der Waals surface area contributed by atoms with E-state index in [1.165, 1.54) is 11.1 Å². The largest absolute Gasteiger partial charge is 0.493 e. The topological polar surface area (TPSA) is 66.1 Å². The average Bonchev–Trinajstić information content (AvgIpc) is 3.09. The number of hydrazine groups is 1. The van der Waals surface area contributed by atoms with E-state index in [1.54, 1.807) is 0 Å². The number of hydrogen-bond donors (Lipinski definition) is 2. The van der Waals surface area contributed by atoms with Gasteiger partial charge in [0.15, 0.2) is 6.29 Å². The Bertz CT molecular complexity index is 587. The van der Waals surface area contributed by atoms with Crippen LogP contribution in [0.4, 0.5) is 0 Å². The van der Waals surface area contributed by atoms with Crippen molar-refractivity contribution in [3.63, 3.8) is 0 Å². The minimum absolute atomic E-state index is 0.288. The molecule has 0 aliphatic carbocycles. The molecule has 21 heavy (non-hydrogen) atoms. The van der Waals surface area contributed by atoms with Crippen LogP contribution in [0.25, 0.3) is 0 Å². The van der Waals surface area contributed by atoms with Crippen molar-refractivity contribution in [3.05, 3.63) is 29.3 Å². The third kappa shape index (κ3) is 2.29. The molecule has 0 saturated carbocycles. The molecule has 1 fully saturated rings. The van der Waals surface area contributed by atoms with Gasteiger partial charge in [-0.25, -0.2) is 4.99 Å². The number of benzene rings is 1. The lowest BCUT2D eigenvalue weighted by Crippen LogP contribution is -2.54. The van der Waals surface area contributed by atoms with Crippen LogP contribution in [0.15, 0.2) is 23.2 Å². The Hall–Kier alpha value is -1.63. The van der Waals surface area contributed by atoms with Crippen molar-refractivity contribution in [1.29, 1.82) is 0 Å². The quantitative estimate of drug-likeness (QED) is 0.827. The molecule has 0 amide bonds. The molecule has 1 aromatic rings. The molecule has 0 spiro atoms. The molecule has 2 atom stereocenters. The zero-order valence-corrected chi connectivity index (χ0v) is 12.2. The zero-order valence-electron chi connectivity index (χ0n) is 12.2. The number of hydrogen-bond acceptors (Lipinski definition) is 6. The summed E-state index contributed by atoms with van der Waals surface area (Å²) in [5.74, 6) is 2.10. The van der Waals surface area contributed by atoms with E-state index in [0.29, 0.717) is 6.04 Å². The molecule has 2 unspecified atom stereocenters. The maximum atomic E-state index is 5.81. The van der Waals surface area contributed by atoms with Gasteiger partial charge in [-0.2, -0.15) is 5.43 Å². The Balaban J connectivity index is 1.52. The first-order chi connectivity index (χ1) is 10.2. The highest BCUT2D eigenvalue weighted by Gasteiger charge is 2.31. The summed E-state index contributed by atoms with van der Waals surface area (Å²) in [5.41, 5.74) is 11.6. The molecule has 112 valence electrons. The van der Waals surface area contributed by atoms with Crippen molar-refractivity contribution in [2.45, 2.75) is 25.7 Å². The molecule has 0 bridgehead atoms. The highest BCUT2D eigenvalue weighted by atomic mass is 16.5. The molecule has 3 N–H and O–H groups in total. The molecule has 6 nitrogen and oxygen atoms in total. The molecular weight excluding hydrogens is 266 g/mol. The van der Waals surface area contributed by atoms with E-state index >= 15 is 0 Å². The monoisotopic (exact) mass is 287 g/mol. The van der Waals surface area contributed by atoms with Crippen molar-refractivity contribution in [2.24, 2.45) is 10.7 Å². The van der Waals surface area contributed by atoms with Gasteiger partial charge in [0.1, 0.15) is 11.6 Å². The average molecular weight is 287 g/mol. The van der Waals surface area contributed by atoms with Gasteiger partial charge in [-0.1, -0.05) is 12.1 Å². The van der Waals surface area contributed by atoms with Gasteiger partial charge in [-0.15, -0.1) is 0 Å². The minimum atomic E-state index is -0.288. The van der Waals surface area contributed by atoms with Gasteiger partial charge >= 0.3 is 0 Å². The first kappa shape index (κ1) is 13.1. The van der Waals surface area contributed by atoms with Crippen LogP contribution in [0.5, 0.6) is 5.75 Å². The van der Waals surface area contributed by atoms with E-state index < -0.39 is 0 Å². The van der Waals surface area contributed by atoms with E-state index in [2.05, 4.69) is 45.4 Å². The molecule has 0 radical (unpaired) electrons. The van der Waals surface area contributed by atoms with E-state index in [4.69, 9.17) is 10.5 Å². The number of amidine groups is 1. The van der Waals surface area contributed by atoms with Crippen molar-refractivity contribution < 1.29 is 4.74 Å². The maximum absolute atomic E-state index is 5.81. The standard InChI is InChI=1S/C15H21N5O/c1-10(12-3-2-11-4-7-21-13(11)8-12)19-5-6-20-14(9-19)17-15(16)18-20/h2-3,8,10,15,18H,4-7,9,16H2,1H3. The molecule has 1 aromatic carbocycles. The summed E-state index contributed by atoms with van der Waals surface area (Å²) in [6.07, 6.45) is 0.742. The summed E-state index contributed by atoms with van der Waals surface area (Å²) < 4.78 is 5.68. The summed E-state index contributed by atoms with van der Waals surface area (Å²) in [4.78, 5) is 6.87. The van der Waals surface area contributed by atoms with Gasteiger partial charge in [0, 0.05) is 25.6 Å². The highest BCUT2D eigenvalue weighted by Crippen LogP contribution is 2.31. The van der Waals surface area contributed by atoms with Gasteiger partial charge in [0.2, 0.25) is 0 Å². The van der Waals surface area contributed by atoms with Gasteiger partial charge in [0.25, 0.3) is 0 Å². The number of nitrogens with zero attached hydrogens (tertiary/aromatic N) is 3. The summed E-state index contributed by atoms with van der Waals surface area (Å²) in [5, 5.41) is 2.07. The molecule has 3 aliphatic rings. The van der Waals surface area contributed by atoms with E-state index in [9.17, 15) is 0 Å². The second kappa shape index (κ2) is 4.98. The maximum Gasteiger partial charge on any atom is 0.169 e. The first-order valence-electron chi connectivity index (χ1n) is 7.56. The van der Waals surface area contributed by atoms with Crippen molar-refractivity contribution in [2.75, 3.05) is 26.2 Å². The van der Waals surface area contributed by atoms with Crippen molar-refractivity contribution in [3.8, 4) is 5.75 Å². The van der Waals surface area contributed by atoms with Crippen LogP contribution in [0.1, 0.15) is 24.1 Å². The Morgan fingerprint density at radius 2 is 2.33 bits per heavy atom. The number of rotatable bonds is 2. The normalized spacial score (nSPS) is 26.1. The zero-order chi connectivity index (χ0) is 14.4. The van der Waals surface area contributed by atoms with Gasteiger partial charge < -0.3 is 4.74 Å². The number of piperazine rings is 1. The highest BCUT2D eigenvalue weighted by molar-refractivity contribution is 5.85. The molecule has 6 heteroatoms. The van der Waals surface area contributed by atoms with Crippen LogP contribution in [-0.4, -0.2) is 48.3 Å². The predicted octanol–water partition coefficient (Wildman–Crippen LogP) is 0.459. The number of nitrogens with one attached hydrogen (secondary N) is 1. The summed E-state index contributed by atoms with van der Waals surface area (Å²) in [7, 11) is 0. The van der Waals surface area contributed by atoms with E-state index in [-0.39, 0.29) is 6.29 Å². The molecule has 1 saturated heterocycles. The van der Waals surface area contributed by atoms with Gasteiger partial charge in [-0.05, 0) is 24.1 Å². The lowest BCUT2D eigenvalue weighted by atomic mass is 10.0. The fourth-order valence-electron chi connectivity index (χ4n) is 3.29. The van der Waals surface area contributed by atoms with Crippen molar-refractivity contribution >= 4 is 5.84 Å². The summed E-state index contributed by atoms with van der Waals surface area (Å²) in [6, 6.07) is 6.97. The Morgan fingerprint density at radius 3 is 3.24 bits per heavy atom. The van der Waals surface area contributed by atoms with E-state index in [0.717, 1.165) is 44.2 Å². The predicted molar refractivity (Wildman–Crippen MR) is 80.9 cm³/mol. The minimum Gasteiger partial charge on any atom is -0.493 e. The molecular formula is C15H21N5O. The summed E-state index contributed by atoms with van der Waals surface area (Å²) in [6.45, 7) is 5.80. The lowest BCUT2D eigenvalue weighted by molar-refractivity contribution is 0.162.